The summed E-state index contributed by atoms with van der Waals surface area (Å²) in [4.78, 5) is 5.79. The Morgan fingerprint density at radius 3 is 2.96 bits per heavy atom. The lowest BCUT2D eigenvalue weighted by Gasteiger charge is -2.32. The van der Waals surface area contributed by atoms with Crippen molar-refractivity contribution in [2.45, 2.75) is 35.9 Å². The maximum Gasteiger partial charge on any atom is 0.263 e. The lowest BCUT2D eigenvalue weighted by Crippen LogP contribution is -2.44. The zero-order valence-corrected chi connectivity index (χ0v) is 17.2. The van der Waals surface area contributed by atoms with Gasteiger partial charge in [0.2, 0.25) is 0 Å². The van der Waals surface area contributed by atoms with Gasteiger partial charge in [-0.25, -0.2) is 17.8 Å². The molecule has 1 aromatic carbocycles. The molecule has 1 aromatic heterocycles. The zero-order chi connectivity index (χ0) is 19.9. The number of nitrogens with one attached hydrogen (secondary N) is 2. The quantitative estimate of drug-likeness (QED) is 0.704. The first-order valence-electron chi connectivity index (χ1n) is 8.84. The smallest absolute Gasteiger partial charge is 0.263 e. The molecule has 4 rings (SSSR count). The van der Waals surface area contributed by atoms with E-state index in [2.05, 4.69) is 19.9 Å². The molecule has 152 valence electrons. The number of thiazole rings is 1. The summed E-state index contributed by atoms with van der Waals surface area (Å²) in [5.74, 6) is 0. The molecule has 2 fully saturated rings. The number of nitrogens with zero attached hydrogens (tertiary/aromatic N) is 2. The van der Waals surface area contributed by atoms with E-state index in [4.69, 9.17) is 11.6 Å². The maximum absolute atomic E-state index is 13.9. The van der Waals surface area contributed by atoms with E-state index in [0.29, 0.717) is 36.5 Å². The topological polar surface area (TPSA) is 74.3 Å². The van der Waals surface area contributed by atoms with Crippen LogP contribution in [-0.2, 0) is 10.0 Å². The molecule has 3 heterocycles. The van der Waals surface area contributed by atoms with Crippen LogP contribution >= 0.6 is 22.9 Å². The molecule has 2 saturated heterocycles. The lowest BCUT2D eigenvalue weighted by atomic mass is 9.93. The first-order chi connectivity index (χ1) is 13.3. The van der Waals surface area contributed by atoms with Crippen molar-refractivity contribution in [3.05, 3.63) is 34.5 Å². The van der Waals surface area contributed by atoms with Crippen molar-refractivity contribution in [2.75, 3.05) is 29.7 Å². The van der Waals surface area contributed by atoms with E-state index >= 15 is 0 Å². The molecule has 2 N–H and O–H groups in total. The second-order valence-electron chi connectivity index (χ2n) is 7.15. The number of benzene rings is 1. The molecule has 2 aliphatic heterocycles. The third-order valence-corrected chi connectivity index (χ3v) is 7.80. The van der Waals surface area contributed by atoms with E-state index in [1.165, 1.54) is 12.1 Å². The Morgan fingerprint density at radius 1 is 1.43 bits per heavy atom. The molecule has 0 unspecified atom stereocenters. The van der Waals surface area contributed by atoms with Crippen LogP contribution in [0.25, 0.3) is 0 Å². The molecule has 2 aliphatic rings. The fourth-order valence-electron chi connectivity index (χ4n) is 4.04. The van der Waals surface area contributed by atoms with Crippen LogP contribution in [0.3, 0.4) is 0 Å². The number of alkyl halides is 1. The van der Waals surface area contributed by atoms with Gasteiger partial charge >= 0.3 is 0 Å². The number of fused-ring (bicyclic) bond motifs is 1. The van der Waals surface area contributed by atoms with E-state index in [0.717, 1.165) is 25.6 Å². The summed E-state index contributed by atoms with van der Waals surface area (Å²) in [5.41, 5.74) is 0.383. The Balaban J connectivity index is 1.47. The highest BCUT2D eigenvalue weighted by Gasteiger charge is 2.48. The Hall–Kier alpha value is -1.49. The molecule has 0 aliphatic carbocycles. The van der Waals surface area contributed by atoms with Gasteiger partial charge in [-0.2, -0.15) is 4.39 Å². The average molecular weight is 449 g/mol. The molecule has 0 bridgehead atoms. The minimum absolute atomic E-state index is 0.0518. The summed E-state index contributed by atoms with van der Waals surface area (Å²) < 4.78 is 54.0. The normalized spacial score (nSPS) is 25.0. The maximum atomic E-state index is 13.9. The zero-order valence-electron chi connectivity index (χ0n) is 14.8. The van der Waals surface area contributed by atoms with E-state index in [-0.39, 0.29) is 20.6 Å². The van der Waals surface area contributed by atoms with Crippen molar-refractivity contribution >= 4 is 43.8 Å². The molecule has 2 aromatic rings. The number of sulfonamides is 1. The highest BCUT2D eigenvalue weighted by Crippen LogP contribution is 2.40. The van der Waals surface area contributed by atoms with E-state index in [1.54, 1.807) is 6.07 Å². The number of aromatic nitrogens is 1. The molecule has 28 heavy (non-hydrogen) atoms. The number of hydrogen-bond donors (Lipinski definition) is 2. The fraction of sp³-hybridized carbons (Fsp3) is 0.471. The Kier molecular flexibility index (Phi) is 5.24. The molecule has 0 amide bonds. The van der Waals surface area contributed by atoms with Gasteiger partial charge in [-0.05, 0) is 44.0 Å². The van der Waals surface area contributed by atoms with Crippen molar-refractivity contribution in [3.63, 3.8) is 0 Å². The predicted octanol–water partition coefficient (Wildman–Crippen LogP) is 3.72. The van der Waals surface area contributed by atoms with Crippen LogP contribution < -0.4 is 10.0 Å². The van der Waals surface area contributed by atoms with Gasteiger partial charge in [-0.1, -0.05) is 22.9 Å². The van der Waals surface area contributed by atoms with Crippen molar-refractivity contribution in [1.29, 1.82) is 0 Å². The van der Waals surface area contributed by atoms with Gasteiger partial charge in [0.15, 0.2) is 10.3 Å². The Bertz CT molecular complexity index is 987. The monoisotopic (exact) mass is 448 g/mol. The van der Waals surface area contributed by atoms with Gasteiger partial charge in [0.05, 0.1) is 21.8 Å². The third kappa shape index (κ3) is 3.83. The van der Waals surface area contributed by atoms with Crippen LogP contribution in [0.4, 0.5) is 19.6 Å². The Morgan fingerprint density at radius 2 is 2.25 bits per heavy atom. The molecule has 0 spiro atoms. The molecule has 6 nitrogen and oxygen atoms in total. The average Bonchev–Trinajstić information content (AvgIpc) is 3.27. The number of anilines is 2. The van der Waals surface area contributed by atoms with Crippen molar-refractivity contribution in [3.8, 4) is 0 Å². The fourth-order valence-corrected chi connectivity index (χ4v) is 6.16. The molecule has 0 saturated carbocycles. The molecule has 2 atom stereocenters. The SMILES string of the molecule is O=S(=O)(Nc1ncc(F)s1)c1ccc(NC[C@]23CCCN2C[C@H](F)C3)c(Cl)c1. The first kappa shape index (κ1) is 19.8. The highest BCUT2D eigenvalue weighted by molar-refractivity contribution is 7.93. The lowest BCUT2D eigenvalue weighted by molar-refractivity contribution is 0.209. The van der Waals surface area contributed by atoms with Gasteiger partial charge in [-0.3, -0.25) is 9.62 Å². The van der Waals surface area contributed by atoms with Crippen LogP contribution in [0.15, 0.2) is 29.3 Å². The largest absolute Gasteiger partial charge is 0.382 e. The van der Waals surface area contributed by atoms with E-state index in [9.17, 15) is 17.2 Å². The van der Waals surface area contributed by atoms with E-state index < -0.39 is 21.3 Å². The molecular weight excluding hydrogens is 430 g/mol. The second-order valence-corrected chi connectivity index (χ2v) is 10.2. The molecule has 0 radical (unpaired) electrons. The summed E-state index contributed by atoms with van der Waals surface area (Å²) in [6.07, 6.45) is 2.60. The summed E-state index contributed by atoms with van der Waals surface area (Å²) in [6.45, 7) is 1.92. The summed E-state index contributed by atoms with van der Waals surface area (Å²) in [6, 6.07) is 4.32. The van der Waals surface area contributed by atoms with Crippen molar-refractivity contribution < 1.29 is 17.2 Å². The minimum atomic E-state index is -3.93. The number of halogens is 3. The van der Waals surface area contributed by atoms with Crippen molar-refractivity contribution in [2.24, 2.45) is 0 Å². The predicted molar refractivity (Wildman–Crippen MR) is 106 cm³/mol. The minimum Gasteiger partial charge on any atom is -0.382 e. The van der Waals surface area contributed by atoms with Gasteiger partial charge in [0.1, 0.15) is 6.17 Å². The summed E-state index contributed by atoms with van der Waals surface area (Å²) in [7, 11) is -3.93. The third-order valence-electron chi connectivity index (χ3n) is 5.32. The van der Waals surface area contributed by atoms with Gasteiger partial charge in [-0.15, -0.1) is 0 Å². The van der Waals surface area contributed by atoms with Gasteiger partial charge < -0.3 is 5.32 Å². The van der Waals surface area contributed by atoms with Crippen LogP contribution in [0, 0.1) is 5.13 Å². The summed E-state index contributed by atoms with van der Waals surface area (Å²) >= 11 is 6.88. The number of rotatable bonds is 6. The van der Waals surface area contributed by atoms with Crippen LogP contribution in [-0.4, -0.2) is 49.6 Å². The standard InChI is InChI=1S/C17H19ClF2N4O2S2/c18-13-6-12(28(25,26)23-16-21-8-15(20)27-16)2-3-14(13)22-10-17-4-1-5-24(17)9-11(19)7-17/h2-3,6,8,11,22H,1,4-5,7,9-10H2,(H,21,23)/t11-,17-/m1/s1. The van der Waals surface area contributed by atoms with Crippen LogP contribution in [0.2, 0.25) is 5.02 Å². The Labute approximate surface area is 171 Å². The van der Waals surface area contributed by atoms with Crippen molar-refractivity contribution in [1.82, 2.24) is 9.88 Å². The first-order valence-corrected chi connectivity index (χ1v) is 11.5. The summed E-state index contributed by atoms with van der Waals surface area (Å²) in [5, 5.41) is 2.85. The van der Waals surface area contributed by atoms with E-state index in [1.807, 2.05) is 0 Å². The van der Waals surface area contributed by atoms with Crippen LogP contribution in [0.5, 0.6) is 0 Å². The second kappa shape index (κ2) is 7.40. The number of hydrogen-bond acceptors (Lipinski definition) is 6. The van der Waals surface area contributed by atoms with Gasteiger partial charge in [0.25, 0.3) is 10.0 Å². The molecule has 11 heteroatoms. The van der Waals surface area contributed by atoms with Crippen LogP contribution in [0.1, 0.15) is 19.3 Å². The van der Waals surface area contributed by atoms with Gasteiger partial charge in [0, 0.05) is 18.6 Å². The molecular formula is C17H19ClF2N4O2S2. The highest BCUT2D eigenvalue weighted by atomic mass is 35.5.